The maximum Gasteiger partial charge on any atom is 0.265 e. The second-order valence-corrected chi connectivity index (χ2v) is 9.03. The van der Waals surface area contributed by atoms with E-state index in [1.165, 1.54) is 18.1 Å². The second-order valence-electron chi connectivity index (χ2n) is 7.87. The van der Waals surface area contributed by atoms with Gasteiger partial charge in [-0.15, -0.1) is 0 Å². The Hall–Kier alpha value is -3.48. The number of benzene rings is 1. The average Bonchev–Trinajstić information content (AvgIpc) is 2.92. The van der Waals surface area contributed by atoms with Crippen LogP contribution in [0.1, 0.15) is 24.1 Å². The van der Waals surface area contributed by atoms with E-state index in [1.54, 1.807) is 19.6 Å². The van der Waals surface area contributed by atoms with E-state index in [0.29, 0.717) is 18.9 Å². The molecule has 0 radical (unpaired) electrons. The fraction of sp³-hybridized carbons (Fsp3) is 0.292. The predicted octanol–water partition coefficient (Wildman–Crippen LogP) is 3.97. The van der Waals surface area contributed by atoms with E-state index >= 15 is 0 Å². The molecule has 0 saturated heterocycles. The second kappa shape index (κ2) is 12.2. The minimum absolute atomic E-state index is 0.0813. The van der Waals surface area contributed by atoms with E-state index in [0.717, 1.165) is 16.9 Å². The lowest BCUT2D eigenvalue weighted by Gasteiger charge is -2.18. The summed E-state index contributed by atoms with van der Waals surface area (Å²) in [6, 6.07) is 7.64. The Morgan fingerprint density at radius 1 is 1.24 bits per heavy atom. The normalized spacial score (nSPS) is 11.9. The van der Waals surface area contributed by atoms with Gasteiger partial charge in [-0.25, -0.2) is 19.3 Å². The first-order valence-corrected chi connectivity index (χ1v) is 12.9. The summed E-state index contributed by atoms with van der Waals surface area (Å²) in [7, 11) is 1.63. The number of nitrogens with zero attached hydrogens (tertiary/aromatic N) is 4. The van der Waals surface area contributed by atoms with Crippen LogP contribution in [0.15, 0.2) is 46.7 Å². The number of anilines is 1. The number of hydrogen-bond donors (Lipinski definition) is 3. The smallest absolute Gasteiger partial charge is 0.265 e. The lowest BCUT2D eigenvalue weighted by Crippen LogP contribution is -2.26. The molecule has 3 heterocycles. The topological polar surface area (TPSA) is 127 Å². The first kappa shape index (κ1) is 26.6. The zero-order valence-corrected chi connectivity index (χ0v) is 21.9. The maximum absolute atomic E-state index is 14.5. The largest absolute Gasteiger partial charge is 0.497 e. The molecule has 0 aliphatic rings. The quantitative estimate of drug-likeness (QED) is 0.110. The molecule has 37 heavy (non-hydrogen) atoms. The van der Waals surface area contributed by atoms with Crippen molar-refractivity contribution in [3.63, 3.8) is 0 Å². The molecule has 194 valence electrons. The van der Waals surface area contributed by atoms with Crippen molar-refractivity contribution in [3.05, 3.63) is 69.2 Å². The Balaban J connectivity index is 1.39. The number of ether oxygens (including phenoxy) is 2. The molecule has 0 aliphatic heterocycles. The lowest BCUT2D eigenvalue weighted by atomic mass is 10.1. The SMILES string of the molecule is COc1ccc(CNc2ncncc2[C@@H](C)NCCOc2nc(Cl)c(F)c3nc(SC)[nH]c(=O)c23)cc1. The van der Waals surface area contributed by atoms with Crippen molar-refractivity contribution in [2.75, 3.05) is 31.8 Å². The van der Waals surface area contributed by atoms with Crippen molar-refractivity contribution in [3.8, 4) is 11.6 Å². The van der Waals surface area contributed by atoms with Crippen molar-refractivity contribution >= 4 is 40.1 Å². The first-order valence-electron chi connectivity index (χ1n) is 11.3. The predicted molar refractivity (Wildman–Crippen MR) is 141 cm³/mol. The Bertz CT molecular complexity index is 1440. The van der Waals surface area contributed by atoms with Gasteiger partial charge in [-0.3, -0.25) is 4.79 Å². The molecule has 0 fully saturated rings. The van der Waals surface area contributed by atoms with E-state index in [1.807, 2.05) is 31.2 Å². The Kier molecular flexibility index (Phi) is 8.74. The van der Waals surface area contributed by atoms with E-state index in [2.05, 4.69) is 35.6 Å². The van der Waals surface area contributed by atoms with Crippen molar-refractivity contribution in [1.29, 1.82) is 0 Å². The van der Waals surface area contributed by atoms with E-state index in [-0.39, 0.29) is 34.6 Å². The summed E-state index contributed by atoms with van der Waals surface area (Å²) in [5.74, 6) is 0.549. The number of rotatable bonds is 11. The number of thioether (sulfide) groups is 1. The molecule has 10 nitrogen and oxygen atoms in total. The summed E-state index contributed by atoms with van der Waals surface area (Å²) in [6.07, 6.45) is 4.94. The van der Waals surface area contributed by atoms with Crippen LogP contribution < -0.4 is 25.7 Å². The summed E-state index contributed by atoms with van der Waals surface area (Å²) < 4.78 is 25.4. The van der Waals surface area contributed by atoms with E-state index in [4.69, 9.17) is 21.1 Å². The third-order valence-corrected chi connectivity index (χ3v) is 6.34. The van der Waals surface area contributed by atoms with Gasteiger partial charge in [-0.1, -0.05) is 35.5 Å². The summed E-state index contributed by atoms with van der Waals surface area (Å²) in [6.45, 7) is 3.08. The first-order chi connectivity index (χ1) is 17.9. The Labute approximate surface area is 221 Å². The van der Waals surface area contributed by atoms with Gasteiger partial charge >= 0.3 is 0 Å². The number of fused-ring (bicyclic) bond motifs is 1. The maximum atomic E-state index is 14.5. The molecule has 0 aliphatic carbocycles. The molecule has 4 rings (SSSR count). The fourth-order valence-corrected chi connectivity index (χ4v) is 4.11. The van der Waals surface area contributed by atoms with Crippen LogP contribution in [0.2, 0.25) is 5.15 Å². The highest BCUT2D eigenvalue weighted by atomic mass is 35.5. The number of H-pyrrole nitrogens is 1. The number of aromatic nitrogens is 5. The van der Waals surface area contributed by atoms with Crippen LogP contribution in [0.5, 0.6) is 11.6 Å². The molecule has 1 atom stereocenters. The zero-order chi connectivity index (χ0) is 26.4. The van der Waals surface area contributed by atoms with Crippen LogP contribution in [0.25, 0.3) is 10.9 Å². The fourth-order valence-electron chi connectivity index (χ4n) is 3.57. The molecule has 1 aromatic carbocycles. The average molecular weight is 546 g/mol. The van der Waals surface area contributed by atoms with Crippen LogP contribution in [0.3, 0.4) is 0 Å². The van der Waals surface area contributed by atoms with Gasteiger partial charge in [0.15, 0.2) is 16.1 Å². The van der Waals surface area contributed by atoms with Gasteiger partial charge in [0.2, 0.25) is 5.88 Å². The number of aromatic amines is 1. The van der Waals surface area contributed by atoms with E-state index < -0.39 is 16.5 Å². The van der Waals surface area contributed by atoms with Gasteiger partial charge in [0.25, 0.3) is 5.56 Å². The molecule has 0 amide bonds. The molecule has 0 spiro atoms. The molecule has 13 heteroatoms. The number of methoxy groups -OCH3 is 1. The van der Waals surface area contributed by atoms with E-state index in [9.17, 15) is 9.18 Å². The van der Waals surface area contributed by atoms with Gasteiger partial charge in [0.05, 0.1) is 7.11 Å². The number of nitrogens with one attached hydrogen (secondary N) is 3. The number of halogens is 2. The third-order valence-electron chi connectivity index (χ3n) is 5.51. The summed E-state index contributed by atoms with van der Waals surface area (Å²) in [5, 5.41) is 6.43. The molecule has 0 bridgehead atoms. The van der Waals surface area contributed by atoms with Crippen LogP contribution in [0.4, 0.5) is 10.2 Å². The van der Waals surface area contributed by atoms with Crippen molar-refractivity contribution < 1.29 is 13.9 Å². The van der Waals surface area contributed by atoms with Crippen LogP contribution >= 0.6 is 23.4 Å². The standard InChI is InChI=1S/C24H25ClFN7O3S/c1-13(16-11-27-12-30-21(16)29-10-14-4-6-15(35-2)7-5-14)28-8-9-36-23-17-19(18(26)20(25)32-23)31-24(37-3)33-22(17)34/h4-7,11-13,28H,8-10H2,1-3H3,(H,27,29,30)(H,31,33,34)/t13-/m1/s1. The molecule has 0 saturated carbocycles. The Morgan fingerprint density at radius 3 is 2.76 bits per heavy atom. The minimum Gasteiger partial charge on any atom is -0.497 e. The highest BCUT2D eigenvalue weighted by molar-refractivity contribution is 7.98. The Morgan fingerprint density at radius 2 is 2.03 bits per heavy atom. The molecular weight excluding hydrogens is 521 g/mol. The molecule has 3 aromatic heterocycles. The van der Waals surface area contributed by atoms with Crippen molar-refractivity contribution in [2.45, 2.75) is 24.7 Å². The summed E-state index contributed by atoms with van der Waals surface area (Å²) >= 11 is 7.10. The summed E-state index contributed by atoms with van der Waals surface area (Å²) in [5.41, 5.74) is 1.21. The minimum atomic E-state index is -0.865. The van der Waals surface area contributed by atoms with Gasteiger partial charge in [-0.05, 0) is 30.9 Å². The monoisotopic (exact) mass is 545 g/mol. The highest BCUT2D eigenvalue weighted by Gasteiger charge is 2.19. The van der Waals surface area contributed by atoms with Gasteiger partial charge in [-0.2, -0.15) is 4.98 Å². The van der Waals surface area contributed by atoms with Gasteiger partial charge < -0.3 is 25.1 Å². The van der Waals surface area contributed by atoms with Crippen LogP contribution in [-0.2, 0) is 6.54 Å². The number of pyridine rings is 1. The molecule has 0 unspecified atom stereocenters. The zero-order valence-electron chi connectivity index (χ0n) is 20.3. The van der Waals surface area contributed by atoms with Crippen LogP contribution in [0, 0.1) is 5.82 Å². The highest BCUT2D eigenvalue weighted by Crippen LogP contribution is 2.27. The van der Waals surface area contributed by atoms with Gasteiger partial charge in [0, 0.05) is 30.9 Å². The molecule has 4 aromatic rings. The van der Waals surface area contributed by atoms with Gasteiger partial charge in [0.1, 0.15) is 35.4 Å². The third kappa shape index (κ3) is 6.27. The van der Waals surface area contributed by atoms with Crippen molar-refractivity contribution in [1.82, 2.24) is 30.2 Å². The van der Waals surface area contributed by atoms with Crippen LogP contribution in [-0.4, -0.2) is 51.4 Å². The molecule has 3 N–H and O–H groups in total. The lowest BCUT2D eigenvalue weighted by molar-refractivity contribution is 0.299. The number of hydrogen-bond acceptors (Lipinski definition) is 10. The van der Waals surface area contributed by atoms with Crippen molar-refractivity contribution in [2.24, 2.45) is 0 Å². The summed E-state index contributed by atoms with van der Waals surface area (Å²) in [4.78, 5) is 31.6. The molecular formula is C24H25ClFN7O3S.